The Morgan fingerprint density at radius 3 is 2.75 bits per heavy atom. The monoisotopic (exact) mass is 497 g/mol. The molecule has 0 saturated carbocycles. The highest BCUT2D eigenvalue weighted by Gasteiger charge is 2.28. The smallest absolute Gasteiger partial charge is 0.319 e. The lowest BCUT2D eigenvalue weighted by atomic mass is 10.0. The summed E-state index contributed by atoms with van der Waals surface area (Å²) in [4.78, 5) is 33.8. The molecule has 1 aromatic carbocycles. The summed E-state index contributed by atoms with van der Waals surface area (Å²) in [6.45, 7) is 9.16. The van der Waals surface area contributed by atoms with E-state index in [0.717, 1.165) is 25.1 Å². The minimum atomic E-state index is -0.290. The average molecular weight is 498 g/mol. The van der Waals surface area contributed by atoms with Gasteiger partial charge in [0.05, 0.1) is 11.7 Å². The van der Waals surface area contributed by atoms with Crippen molar-refractivity contribution in [2.45, 2.75) is 45.9 Å². The minimum absolute atomic E-state index is 0.0507. The topological polar surface area (TPSA) is 96.0 Å². The van der Waals surface area contributed by atoms with E-state index in [9.17, 15) is 9.59 Å². The molecule has 0 bridgehead atoms. The van der Waals surface area contributed by atoms with Crippen LogP contribution in [0.15, 0.2) is 42.7 Å². The van der Waals surface area contributed by atoms with Crippen molar-refractivity contribution in [2.24, 2.45) is 5.92 Å². The van der Waals surface area contributed by atoms with Gasteiger partial charge in [-0.25, -0.2) is 4.79 Å². The van der Waals surface area contributed by atoms with E-state index in [2.05, 4.69) is 40.4 Å². The highest BCUT2D eigenvalue weighted by Crippen LogP contribution is 2.27. The second-order valence-corrected chi connectivity index (χ2v) is 9.48. The summed E-state index contributed by atoms with van der Waals surface area (Å²) in [7, 11) is 3.47. The molecule has 0 fully saturated rings. The Labute approximate surface area is 214 Å². The van der Waals surface area contributed by atoms with Gasteiger partial charge in [-0.05, 0) is 43.0 Å². The number of likely N-dealkylation sites (N-methyl/N-ethyl adjacent to an activating group) is 1. The van der Waals surface area contributed by atoms with Crippen molar-refractivity contribution in [3.05, 3.63) is 53.9 Å². The van der Waals surface area contributed by atoms with E-state index in [0.29, 0.717) is 36.7 Å². The van der Waals surface area contributed by atoms with E-state index in [1.807, 2.05) is 19.2 Å². The summed E-state index contributed by atoms with van der Waals surface area (Å²) in [6, 6.07) is 8.91. The standard InChI is InChI=1S/C27H39N5O4/c1-6-11-29-27(34)30-22-9-10-23-24(13-22)36-18-20(3)32(16-21-8-7-12-28-14-21)15-19(2)25(35-5)17-31(4)26(23)33/h7-10,12-14,19-20,25H,6,11,15-18H2,1-5H3,(H2,29,30,34)/t19-,20-,25+/m0/s1. The fraction of sp³-hybridized carbons (Fsp3) is 0.519. The first kappa shape index (κ1) is 27.4. The molecule has 3 amide bonds. The van der Waals surface area contributed by atoms with Crippen LogP contribution in [0.1, 0.15) is 43.1 Å². The molecule has 0 spiro atoms. The number of urea groups is 1. The molecule has 0 radical (unpaired) electrons. The molecule has 196 valence electrons. The summed E-state index contributed by atoms with van der Waals surface area (Å²) >= 11 is 0. The number of pyridine rings is 1. The number of nitrogens with one attached hydrogen (secondary N) is 2. The molecule has 9 heteroatoms. The molecule has 1 aromatic heterocycles. The normalized spacial score (nSPS) is 21.5. The van der Waals surface area contributed by atoms with Gasteiger partial charge in [-0.15, -0.1) is 0 Å². The number of aromatic nitrogens is 1. The van der Waals surface area contributed by atoms with Gasteiger partial charge in [0.2, 0.25) is 0 Å². The van der Waals surface area contributed by atoms with Crippen molar-refractivity contribution in [1.82, 2.24) is 20.1 Å². The van der Waals surface area contributed by atoms with E-state index >= 15 is 0 Å². The van der Waals surface area contributed by atoms with Crippen LogP contribution < -0.4 is 15.4 Å². The van der Waals surface area contributed by atoms with Crippen molar-refractivity contribution >= 4 is 17.6 Å². The van der Waals surface area contributed by atoms with E-state index in [4.69, 9.17) is 9.47 Å². The summed E-state index contributed by atoms with van der Waals surface area (Å²) < 4.78 is 12.1. The lowest BCUT2D eigenvalue weighted by Crippen LogP contribution is -2.46. The van der Waals surface area contributed by atoms with Gasteiger partial charge in [0.1, 0.15) is 12.4 Å². The fourth-order valence-electron chi connectivity index (χ4n) is 4.29. The third kappa shape index (κ3) is 7.41. The van der Waals surface area contributed by atoms with Gasteiger partial charge in [0.25, 0.3) is 5.91 Å². The molecule has 36 heavy (non-hydrogen) atoms. The largest absolute Gasteiger partial charge is 0.491 e. The third-order valence-electron chi connectivity index (χ3n) is 6.48. The molecule has 2 aromatic rings. The number of anilines is 1. The Morgan fingerprint density at radius 2 is 2.06 bits per heavy atom. The lowest BCUT2D eigenvalue weighted by molar-refractivity contribution is 0.00920. The Balaban J connectivity index is 1.90. The highest BCUT2D eigenvalue weighted by atomic mass is 16.5. The van der Waals surface area contributed by atoms with Gasteiger partial charge in [-0.3, -0.25) is 14.7 Å². The minimum Gasteiger partial charge on any atom is -0.491 e. The van der Waals surface area contributed by atoms with Gasteiger partial charge in [0.15, 0.2) is 0 Å². The third-order valence-corrected chi connectivity index (χ3v) is 6.48. The quantitative estimate of drug-likeness (QED) is 0.633. The number of ether oxygens (including phenoxy) is 2. The average Bonchev–Trinajstić information content (AvgIpc) is 2.88. The van der Waals surface area contributed by atoms with Crippen molar-refractivity contribution in [3.8, 4) is 5.75 Å². The number of amides is 3. The van der Waals surface area contributed by atoms with E-state index < -0.39 is 0 Å². The van der Waals surface area contributed by atoms with Crippen LogP contribution in [0.4, 0.5) is 10.5 Å². The van der Waals surface area contributed by atoms with Crippen LogP contribution in [-0.2, 0) is 11.3 Å². The molecule has 3 rings (SSSR count). The lowest BCUT2D eigenvalue weighted by Gasteiger charge is -2.36. The van der Waals surface area contributed by atoms with Crippen molar-refractivity contribution in [3.63, 3.8) is 0 Å². The fourth-order valence-corrected chi connectivity index (χ4v) is 4.29. The molecule has 0 unspecified atom stereocenters. The number of hydrogen-bond donors (Lipinski definition) is 2. The van der Waals surface area contributed by atoms with Crippen LogP contribution in [0.5, 0.6) is 5.75 Å². The van der Waals surface area contributed by atoms with Gasteiger partial charge in [0, 0.05) is 70.5 Å². The van der Waals surface area contributed by atoms with Gasteiger partial charge in [-0.2, -0.15) is 0 Å². The van der Waals surface area contributed by atoms with E-state index in [1.54, 1.807) is 43.5 Å². The zero-order valence-electron chi connectivity index (χ0n) is 22.0. The van der Waals surface area contributed by atoms with E-state index in [-0.39, 0.29) is 30.0 Å². The van der Waals surface area contributed by atoms with Gasteiger partial charge in [-0.1, -0.05) is 19.9 Å². The Hall–Kier alpha value is -3.17. The maximum atomic E-state index is 13.4. The van der Waals surface area contributed by atoms with Crippen molar-refractivity contribution in [1.29, 1.82) is 0 Å². The first-order valence-corrected chi connectivity index (χ1v) is 12.5. The number of hydrogen-bond acceptors (Lipinski definition) is 6. The summed E-state index contributed by atoms with van der Waals surface area (Å²) in [5.41, 5.74) is 2.13. The van der Waals surface area contributed by atoms with Crippen molar-refractivity contribution < 1.29 is 19.1 Å². The molecule has 0 aliphatic carbocycles. The molecule has 0 saturated heterocycles. The Kier molecular flexibility index (Phi) is 10.1. The zero-order valence-corrected chi connectivity index (χ0v) is 22.0. The second-order valence-electron chi connectivity index (χ2n) is 9.48. The van der Waals surface area contributed by atoms with Crippen LogP contribution in [-0.4, -0.2) is 79.3 Å². The predicted molar refractivity (Wildman–Crippen MR) is 140 cm³/mol. The number of nitrogens with zero attached hydrogens (tertiary/aromatic N) is 3. The first-order valence-electron chi connectivity index (χ1n) is 12.5. The Bertz CT molecular complexity index is 1000. The number of fused-ring (bicyclic) bond motifs is 1. The molecule has 2 N–H and O–H groups in total. The van der Waals surface area contributed by atoms with Crippen molar-refractivity contribution in [2.75, 3.05) is 45.7 Å². The predicted octanol–water partition coefficient (Wildman–Crippen LogP) is 3.62. The molecule has 9 nitrogen and oxygen atoms in total. The maximum Gasteiger partial charge on any atom is 0.319 e. The van der Waals surface area contributed by atoms with E-state index in [1.165, 1.54) is 0 Å². The molecular weight excluding hydrogens is 458 g/mol. The Morgan fingerprint density at radius 1 is 1.25 bits per heavy atom. The van der Waals surface area contributed by atoms with Crippen LogP contribution in [0, 0.1) is 5.92 Å². The molecular formula is C27H39N5O4. The maximum absolute atomic E-state index is 13.4. The number of carbonyl (C=O) groups excluding carboxylic acids is 2. The molecule has 3 atom stereocenters. The summed E-state index contributed by atoms with van der Waals surface area (Å²) in [5.74, 6) is 0.467. The number of benzene rings is 1. The van der Waals surface area contributed by atoms with Crippen LogP contribution >= 0.6 is 0 Å². The zero-order chi connectivity index (χ0) is 26.1. The van der Waals surface area contributed by atoms with Gasteiger partial charge >= 0.3 is 6.03 Å². The van der Waals surface area contributed by atoms with Gasteiger partial charge < -0.3 is 25.0 Å². The molecule has 1 aliphatic heterocycles. The molecule has 2 heterocycles. The second kappa shape index (κ2) is 13.2. The molecule has 1 aliphatic rings. The highest BCUT2D eigenvalue weighted by molar-refractivity contribution is 5.98. The summed E-state index contributed by atoms with van der Waals surface area (Å²) in [6.07, 6.45) is 4.37. The number of methoxy groups -OCH3 is 1. The number of carbonyl (C=O) groups is 2. The first-order chi connectivity index (χ1) is 17.3. The summed E-state index contributed by atoms with van der Waals surface area (Å²) in [5, 5.41) is 5.61. The van der Waals surface area contributed by atoms with Crippen LogP contribution in [0.2, 0.25) is 0 Å². The SMILES string of the molecule is CCCNC(=O)Nc1ccc2c(c1)OC[C@H](C)N(Cc1cccnc1)C[C@H](C)[C@H](OC)CN(C)C2=O. The number of rotatable bonds is 6. The van der Waals surface area contributed by atoms with Crippen LogP contribution in [0.3, 0.4) is 0 Å². The van der Waals surface area contributed by atoms with Crippen LogP contribution in [0.25, 0.3) is 0 Å².